The van der Waals surface area contributed by atoms with Crippen molar-refractivity contribution < 1.29 is 37.3 Å². The van der Waals surface area contributed by atoms with Gasteiger partial charge in [0.2, 0.25) is 0 Å². The van der Waals surface area contributed by atoms with Gasteiger partial charge >= 0.3 is 6.09 Å². The molecule has 0 bridgehead atoms. The third-order valence-electron chi connectivity index (χ3n) is 6.92. The highest BCUT2D eigenvalue weighted by molar-refractivity contribution is 7.89. The number of fused-ring (bicyclic) bond motifs is 1. The largest absolute Gasteiger partial charge is 0.497 e. The maximum Gasteiger partial charge on any atom is 0.407 e. The van der Waals surface area contributed by atoms with E-state index < -0.39 is 34.4 Å². The van der Waals surface area contributed by atoms with Gasteiger partial charge in [-0.15, -0.1) is 4.83 Å². The predicted octanol–water partition coefficient (Wildman–Crippen LogP) is 2.31. The number of methoxy groups -OCH3 is 1. The van der Waals surface area contributed by atoms with Crippen LogP contribution < -0.4 is 14.9 Å². The number of carbonyl (C=O) groups excluding carboxylic acids is 1. The molecule has 3 N–H and O–H groups in total. The van der Waals surface area contributed by atoms with Crippen molar-refractivity contribution in [1.29, 1.82) is 0 Å². The summed E-state index contributed by atoms with van der Waals surface area (Å²) < 4.78 is 48.1. The third kappa shape index (κ3) is 8.15. The molecule has 0 radical (unpaired) electrons. The van der Waals surface area contributed by atoms with Crippen molar-refractivity contribution in [2.45, 2.75) is 56.1 Å². The SMILES string of the molecule is COc1ccc(S(=O)(=O)NN(CC(C)C)C[C@@H](O)[C@H](Cc2ccccc2)NC(=O)O[C@H]2CO[C@H]3OCCC32)cc1. The lowest BCUT2D eigenvalue weighted by Crippen LogP contribution is -2.54. The number of sulfonamides is 1. The standard InChI is InChI=1S/C28H39N3O8S/c1-19(2)16-31(30-40(34,35)22-11-9-21(36-3)10-12-22)17-25(32)24(15-20-7-5-4-6-8-20)29-28(33)39-26-18-38-27-23(26)13-14-37-27/h4-12,19,23-27,30,32H,13-18H2,1-3H3,(H,29,33)/t23?,24-,25+,26-,27+/m0/s1. The van der Waals surface area contributed by atoms with Gasteiger partial charge in [-0.3, -0.25) is 0 Å². The van der Waals surface area contributed by atoms with E-state index in [0.717, 1.165) is 12.0 Å². The normalized spacial score (nSPS) is 22.2. The van der Waals surface area contributed by atoms with Crippen LogP contribution in [0.4, 0.5) is 4.79 Å². The van der Waals surface area contributed by atoms with Crippen molar-refractivity contribution in [2.24, 2.45) is 11.8 Å². The Balaban J connectivity index is 1.46. The van der Waals surface area contributed by atoms with E-state index in [1.54, 1.807) is 12.1 Å². The van der Waals surface area contributed by atoms with Gasteiger partial charge in [0.05, 0.1) is 43.3 Å². The smallest absolute Gasteiger partial charge is 0.407 e. The van der Waals surface area contributed by atoms with Crippen molar-refractivity contribution in [3.8, 4) is 5.75 Å². The van der Waals surface area contributed by atoms with E-state index in [1.165, 1.54) is 24.3 Å². The quantitative estimate of drug-likeness (QED) is 0.307. The Bertz CT molecular complexity index is 1200. The number of hydrazine groups is 1. The van der Waals surface area contributed by atoms with E-state index >= 15 is 0 Å². The van der Waals surface area contributed by atoms with Crippen LogP contribution in [0.5, 0.6) is 5.75 Å². The second-order valence-corrected chi connectivity index (χ2v) is 12.2. The summed E-state index contributed by atoms with van der Waals surface area (Å²) >= 11 is 0. The molecule has 2 aromatic rings. The second-order valence-electron chi connectivity index (χ2n) is 10.5. The zero-order valence-electron chi connectivity index (χ0n) is 23.1. The summed E-state index contributed by atoms with van der Waals surface area (Å²) in [5.41, 5.74) is 0.898. The average molecular weight is 578 g/mol. The fourth-order valence-corrected chi connectivity index (χ4v) is 6.03. The van der Waals surface area contributed by atoms with E-state index in [1.807, 2.05) is 44.2 Å². The maximum absolute atomic E-state index is 13.1. The number of amides is 1. The summed E-state index contributed by atoms with van der Waals surface area (Å²) in [5.74, 6) is 0.604. The van der Waals surface area contributed by atoms with Crippen LogP contribution in [0.25, 0.3) is 0 Å². The maximum atomic E-state index is 13.1. The van der Waals surface area contributed by atoms with Crippen molar-refractivity contribution in [1.82, 2.24) is 15.2 Å². The first-order chi connectivity index (χ1) is 19.1. The van der Waals surface area contributed by atoms with E-state index in [-0.39, 0.29) is 36.2 Å². The fourth-order valence-electron chi connectivity index (χ4n) is 4.94. The molecule has 2 fully saturated rings. The van der Waals surface area contributed by atoms with Crippen LogP contribution in [0.1, 0.15) is 25.8 Å². The number of nitrogens with one attached hydrogen (secondary N) is 2. The minimum absolute atomic E-state index is 0.0165. The lowest BCUT2D eigenvalue weighted by Gasteiger charge is -2.31. The van der Waals surface area contributed by atoms with E-state index in [0.29, 0.717) is 25.3 Å². The molecule has 0 saturated carbocycles. The Kier molecular flexibility index (Phi) is 10.4. The lowest BCUT2D eigenvalue weighted by molar-refractivity contribution is -0.0907. The van der Waals surface area contributed by atoms with Gasteiger partial charge in [0.1, 0.15) is 11.9 Å². The van der Waals surface area contributed by atoms with Crippen molar-refractivity contribution >= 4 is 16.1 Å². The topological polar surface area (TPSA) is 136 Å². The molecule has 2 aliphatic rings. The molecule has 2 saturated heterocycles. The third-order valence-corrected chi connectivity index (χ3v) is 8.31. The molecule has 2 aliphatic heterocycles. The number of benzene rings is 2. The molecule has 40 heavy (non-hydrogen) atoms. The Morgan fingerprint density at radius 1 is 1.10 bits per heavy atom. The van der Waals surface area contributed by atoms with Crippen LogP contribution in [-0.2, 0) is 30.7 Å². The molecule has 220 valence electrons. The highest BCUT2D eigenvalue weighted by Crippen LogP contribution is 2.33. The van der Waals surface area contributed by atoms with Crippen LogP contribution in [0.3, 0.4) is 0 Å². The van der Waals surface area contributed by atoms with Gasteiger partial charge in [-0.05, 0) is 48.6 Å². The molecule has 1 unspecified atom stereocenters. The number of aliphatic hydroxyl groups excluding tert-OH is 1. The molecule has 2 aromatic carbocycles. The molecule has 0 aliphatic carbocycles. The molecule has 0 spiro atoms. The summed E-state index contributed by atoms with van der Waals surface area (Å²) in [4.78, 5) is 15.6. The Morgan fingerprint density at radius 3 is 2.50 bits per heavy atom. The lowest BCUT2D eigenvalue weighted by atomic mass is 10.0. The van der Waals surface area contributed by atoms with E-state index in [9.17, 15) is 18.3 Å². The van der Waals surface area contributed by atoms with Gasteiger partial charge in [-0.2, -0.15) is 0 Å². The number of hydrogen-bond acceptors (Lipinski definition) is 9. The van der Waals surface area contributed by atoms with Crippen LogP contribution in [0, 0.1) is 11.8 Å². The van der Waals surface area contributed by atoms with Crippen LogP contribution in [-0.4, -0.2) is 82.6 Å². The van der Waals surface area contributed by atoms with E-state index in [2.05, 4.69) is 10.1 Å². The molecule has 5 atom stereocenters. The van der Waals surface area contributed by atoms with Crippen LogP contribution >= 0.6 is 0 Å². The summed E-state index contributed by atoms with van der Waals surface area (Å²) in [5, 5.41) is 15.6. The Hall–Kier alpha value is -2.74. The molecule has 1 amide bonds. The molecule has 12 heteroatoms. The number of hydrogen-bond donors (Lipinski definition) is 3. The van der Waals surface area contributed by atoms with Crippen molar-refractivity contribution in [2.75, 3.05) is 33.4 Å². The molecule has 2 heterocycles. The van der Waals surface area contributed by atoms with Gasteiger partial charge in [0.25, 0.3) is 10.0 Å². The number of carbonyl (C=O) groups is 1. The van der Waals surface area contributed by atoms with Crippen molar-refractivity contribution in [3.63, 3.8) is 0 Å². The molecular weight excluding hydrogens is 538 g/mol. The van der Waals surface area contributed by atoms with Gasteiger partial charge in [0, 0.05) is 13.1 Å². The van der Waals surface area contributed by atoms with Gasteiger partial charge in [-0.25, -0.2) is 18.2 Å². The van der Waals surface area contributed by atoms with Crippen LogP contribution in [0.2, 0.25) is 0 Å². The Labute approximate surface area is 235 Å². The van der Waals surface area contributed by atoms with Gasteiger partial charge in [0.15, 0.2) is 6.29 Å². The number of rotatable bonds is 13. The van der Waals surface area contributed by atoms with Gasteiger partial charge < -0.3 is 29.4 Å². The average Bonchev–Trinajstić information content (AvgIpc) is 3.53. The summed E-state index contributed by atoms with van der Waals surface area (Å²) in [6, 6.07) is 14.7. The minimum Gasteiger partial charge on any atom is -0.497 e. The molecule has 11 nitrogen and oxygen atoms in total. The molecule has 0 aromatic heterocycles. The minimum atomic E-state index is -3.94. The van der Waals surface area contributed by atoms with Crippen molar-refractivity contribution in [3.05, 3.63) is 60.2 Å². The first-order valence-corrected chi connectivity index (χ1v) is 15.0. The number of ether oxygens (including phenoxy) is 4. The highest BCUT2D eigenvalue weighted by atomic mass is 32.2. The second kappa shape index (κ2) is 13.7. The number of nitrogens with zero attached hydrogens (tertiary/aromatic N) is 1. The zero-order valence-corrected chi connectivity index (χ0v) is 23.9. The van der Waals surface area contributed by atoms with E-state index in [4.69, 9.17) is 18.9 Å². The summed E-state index contributed by atoms with van der Waals surface area (Å²) in [6.07, 6.45) is -1.53. The number of aliphatic hydroxyl groups is 1. The molecule has 4 rings (SSSR count). The van der Waals surface area contributed by atoms with Gasteiger partial charge in [-0.1, -0.05) is 44.2 Å². The Morgan fingerprint density at radius 2 is 1.82 bits per heavy atom. The molecular formula is C28H39N3O8S. The summed E-state index contributed by atoms with van der Waals surface area (Å²) in [6.45, 7) is 4.96. The predicted molar refractivity (Wildman–Crippen MR) is 147 cm³/mol. The monoisotopic (exact) mass is 577 g/mol. The fraction of sp³-hybridized carbons (Fsp3) is 0.536. The first-order valence-electron chi connectivity index (χ1n) is 13.5. The summed E-state index contributed by atoms with van der Waals surface area (Å²) in [7, 11) is -2.43. The number of alkyl carbamates (subject to hydrolysis) is 1. The van der Waals surface area contributed by atoms with Crippen LogP contribution in [0.15, 0.2) is 59.5 Å². The first kappa shape index (κ1) is 30.2. The highest BCUT2D eigenvalue weighted by Gasteiger charge is 2.44. The zero-order chi connectivity index (χ0) is 28.7.